The predicted molar refractivity (Wildman–Crippen MR) is 64.9 cm³/mol. The zero-order valence-electron chi connectivity index (χ0n) is 10.8. The molecule has 0 atom stereocenters. The lowest BCUT2D eigenvalue weighted by Gasteiger charge is -2.55. The summed E-state index contributed by atoms with van der Waals surface area (Å²) in [7, 11) is 0. The van der Waals surface area contributed by atoms with E-state index in [0.717, 1.165) is 37.0 Å². The number of esters is 1. The summed E-state index contributed by atoms with van der Waals surface area (Å²) in [4.78, 5) is 11.8. The van der Waals surface area contributed by atoms with Crippen LogP contribution < -0.4 is 0 Å². The molecule has 0 radical (unpaired) electrons. The molecule has 0 unspecified atom stereocenters. The SMILES string of the molecule is O=C(COCCO)OC12CC3CC(CC(C3)C1)C2. The van der Waals surface area contributed by atoms with Crippen molar-refractivity contribution >= 4 is 5.97 Å². The van der Waals surface area contributed by atoms with Crippen molar-refractivity contribution in [3.8, 4) is 0 Å². The van der Waals surface area contributed by atoms with Gasteiger partial charge in [-0.1, -0.05) is 0 Å². The molecule has 4 nitrogen and oxygen atoms in total. The van der Waals surface area contributed by atoms with Gasteiger partial charge in [-0.25, -0.2) is 4.79 Å². The van der Waals surface area contributed by atoms with Gasteiger partial charge in [-0.2, -0.15) is 0 Å². The third-order valence-corrected chi connectivity index (χ3v) is 4.77. The molecule has 0 aromatic heterocycles. The molecule has 0 amide bonds. The quantitative estimate of drug-likeness (QED) is 0.597. The Balaban J connectivity index is 1.57. The van der Waals surface area contributed by atoms with Crippen molar-refractivity contribution in [2.45, 2.75) is 44.1 Å². The van der Waals surface area contributed by atoms with Crippen molar-refractivity contribution in [1.29, 1.82) is 0 Å². The molecule has 4 bridgehead atoms. The topological polar surface area (TPSA) is 55.8 Å². The number of aliphatic hydroxyl groups excluding tert-OH is 1. The van der Waals surface area contributed by atoms with Crippen LogP contribution in [0.15, 0.2) is 0 Å². The minimum atomic E-state index is -0.259. The van der Waals surface area contributed by atoms with Crippen LogP contribution in [0.1, 0.15) is 38.5 Å². The van der Waals surface area contributed by atoms with Crippen molar-refractivity contribution in [3.05, 3.63) is 0 Å². The zero-order valence-corrected chi connectivity index (χ0v) is 10.8. The van der Waals surface area contributed by atoms with Gasteiger partial charge < -0.3 is 14.6 Å². The first-order chi connectivity index (χ1) is 8.69. The second-order valence-electron chi connectivity index (χ2n) is 6.35. The lowest BCUT2D eigenvalue weighted by molar-refractivity contribution is -0.190. The van der Waals surface area contributed by atoms with Gasteiger partial charge in [0.05, 0.1) is 13.2 Å². The zero-order chi connectivity index (χ0) is 12.6. The van der Waals surface area contributed by atoms with E-state index in [0.29, 0.717) is 0 Å². The van der Waals surface area contributed by atoms with E-state index in [2.05, 4.69) is 0 Å². The average Bonchev–Trinajstić information content (AvgIpc) is 2.26. The fourth-order valence-corrected chi connectivity index (χ4v) is 4.65. The lowest BCUT2D eigenvalue weighted by Crippen LogP contribution is -2.53. The first-order valence-electron chi connectivity index (χ1n) is 7.09. The summed E-state index contributed by atoms with van der Waals surface area (Å²) in [5, 5.41) is 8.60. The Morgan fingerprint density at radius 2 is 1.67 bits per heavy atom. The molecule has 0 aromatic rings. The summed E-state index contributed by atoms with van der Waals surface area (Å²) in [6.45, 7) is 0.128. The maximum Gasteiger partial charge on any atom is 0.332 e. The van der Waals surface area contributed by atoms with Crippen LogP contribution in [0.4, 0.5) is 0 Å². The Hall–Kier alpha value is -0.610. The fourth-order valence-electron chi connectivity index (χ4n) is 4.65. The molecule has 102 valence electrons. The van der Waals surface area contributed by atoms with Crippen LogP contribution in [0.5, 0.6) is 0 Å². The van der Waals surface area contributed by atoms with Crippen LogP contribution in [-0.4, -0.2) is 36.5 Å². The third-order valence-electron chi connectivity index (χ3n) is 4.77. The Morgan fingerprint density at radius 3 is 2.17 bits per heavy atom. The van der Waals surface area contributed by atoms with Crippen LogP contribution in [-0.2, 0) is 14.3 Å². The molecular formula is C14H22O4. The fraction of sp³-hybridized carbons (Fsp3) is 0.929. The van der Waals surface area contributed by atoms with E-state index >= 15 is 0 Å². The van der Waals surface area contributed by atoms with Crippen LogP contribution in [0, 0.1) is 17.8 Å². The Morgan fingerprint density at radius 1 is 1.11 bits per heavy atom. The molecule has 0 heterocycles. The van der Waals surface area contributed by atoms with E-state index in [-0.39, 0.29) is 31.4 Å². The van der Waals surface area contributed by atoms with Gasteiger partial charge in [-0.05, 0) is 56.3 Å². The molecule has 0 spiro atoms. The third kappa shape index (κ3) is 2.41. The number of carbonyl (C=O) groups excluding carboxylic acids is 1. The highest BCUT2D eigenvalue weighted by Crippen LogP contribution is 2.57. The molecule has 0 saturated heterocycles. The minimum absolute atomic E-state index is 0.0255. The molecule has 4 aliphatic rings. The summed E-state index contributed by atoms with van der Waals surface area (Å²) in [5.74, 6) is 2.08. The van der Waals surface area contributed by atoms with Crippen LogP contribution in [0.25, 0.3) is 0 Å². The number of rotatable bonds is 5. The average molecular weight is 254 g/mol. The van der Waals surface area contributed by atoms with Crippen LogP contribution >= 0.6 is 0 Å². The molecule has 18 heavy (non-hydrogen) atoms. The van der Waals surface area contributed by atoms with Crippen molar-refractivity contribution < 1.29 is 19.4 Å². The van der Waals surface area contributed by atoms with Gasteiger partial charge in [0, 0.05) is 0 Å². The first kappa shape index (κ1) is 12.4. The van der Waals surface area contributed by atoms with E-state index in [1.54, 1.807) is 0 Å². The van der Waals surface area contributed by atoms with Gasteiger partial charge in [0.15, 0.2) is 0 Å². The van der Waals surface area contributed by atoms with Gasteiger partial charge in [-0.3, -0.25) is 0 Å². The van der Waals surface area contributed by atoms with Crippen molar-refractivity contribution in [3.63, 3.8) is 0 Å². The molecule has 4 heteroatoms. The second kappa shape index (κ2) is 4.82. The summed E-state index contributed by atoms with van der Waals surface area (Å²) in [6.07, 6.45) is 7.22. The number of carbonyl (C=O) groups is 1. The van der Waals surface area contributed by atoms with Gasteiger partial charge in [-0.15, -0.1) is 0 Å². The van der Waals surface area contributed by atoms with E-state index in [1.165, 1.54) is 19.3 Å². The van der Waals surface area contributed by atoms with Crippen LogP contribution in [0.2, 0.25) is 0 Å². The normalized spacial score (nSPS) is 41.1. The summed E-state index contributed by atoms with van der Waals surface area (Å²) < 4.78 is 10.8. The predicted octanol–water partition coefficient (Wildman–Crippen LogP) is 1.51. The molecule has 4 fully saturated rings. The summed E-state index contributed by atoms with van der Waals surface area (Å²) >= 11 is 0. The highest BCUT2D eigenvalue weighted by molar-refractivity contribution is 5.71. The molecular weight excluding hydrogens is 232 g/mol. The van der Waals surface area contributed by atoms with E-state index in [9.17, 15) is 4.79 Å². The minimum Gasteiger partial charge on any atom is -0.457 e. The lowest BCUT2D eigenvalue weighted by atomic mass is 9.54. The summed E-state index contributed by atoms with van der Waals surface area (Å²) in [5.41, 5.74) is -0.172. The molecule has 4 rings (SSSR count). The highest BCUT2D eigenvalue weighted by Gasteiger charge is 2.53. The highest BCUT2D eigenvalue weighted by atomic mass is 16.6. The molecule has 0 aromatic carbocycles. The maximum atomic E-state index is 11.8. The second-order valence-corrected chi connectivity index (χ2v) is 6.35. The standard InChI is InChI=1S/C14H22O4/c15-1-2-17-9-13(16)18-14-6-10-3-11(7-14)5-12(4-10)8-14/h10-12,15H,1-9H2. The number of ether oxygens (including phenoxy) is 2. The first-order valence-corrected chi connectivity index (χ1v) is 7.09. The van der Waals surface area contributed by atoms with Crippen molar-refractivity contribution in [1.82, 2.24) is 0 Å². The van der Waals surface area contributed by atoms with Gasteiger partial charge in [0.1, 0.15) is 12.2 Å². The smallest absolute Gasteiger partial charge is 0.332 e. The van der Waals surface area contributed by atoms with Crippen molar-refractivity contribution in [2.75, 3.05) is 19.8 Å². The molecule has 4 aliphatic carbocycles. The van der Waals surface area contributed by atoms with E-state index < -0.39 is 0 Å². The van der Waals surface area contributed by atoms with Crippen LogP contribution in [0.3, 0.4) is 0 Å². The molecule has 0 aliphatic heterocycles. The Kier molecular flexibility index (Phi) is 3.32. The molecule has 1 N–H and O–H groups in total. The number of hydrogen-bond acceptors (Lipinski definition) is 4. The Labute approximate surface area is 108 Å². The number of aliphatic hydroxyl groups is 1. The van der Waals surface area contributed by atoms with E-state index in [1.807, 2.05) is 0 Å². The summed E-state index contributed by atoms with van der Waals surface area (Å²) in [6, 6.07) is 0. The molecule has 4 saturated carbocycles. The van der Waals surface area contributed by atoms with Crippen molar-refractivity contribution in [2.24, 2.45) is 17.8 Å². The largest absolute Gasteiger partial charge is 0.457 e. The van der Waals surface area contributed by atoms with Gasteiger partial charge >= 0.3 is 5.97 Å². The van der Waals surface area contributed by atoms with Gasteiger partial charge in [0.25, 0.3) is 0 Å². The van der Waals surface area contributed by atoms with Gasteiger partial charge in [0.2, 0.25) is 0 Å². The Bertz CT molecular complexity index is 290. The number of hydrogen-bond donors (Lipinski definition) is 1. The van der Waals surface area contributed by atoms with E-state index in [4.69, 9.17) is 14.6 Å². The monoisotopic (exact) mass is 254 g/mol. The maximum absolute atomic E-state index is 11.8.